The minimum absolute atomic E-state index is 0.132. The molecule has 0 spiro atoms. The van der Waals surface area contributed by atoms with E-state index in [1.807, 2.05) is 6.92 Å². The van der Waals surface area contributed by atoms with Crippen molar-refractivity contribution in [1.82, 2.24) is 4.98 Å². The second-order valence-electron chi connectivity index (χ2n) is 5.39. The zero-order chi connectivity index (χ0) is 18.8. The van der Waals surface area contributed by atoms with Gasteiger partial charge in [-0.25, -0.2) is 9.37 Å². The molecule has 0 aliphatic rings. The number of esters is 1. The number of nitrogens with zero attached hydrogens (tertiary/aromatic N) is 2. The molecule has 0 fully saturated rings. The van der Waals surface area contributed by atoms with Crippen molar-refractivity contribution in [3.63, 3.8) is 0 Å². The molecule has 26 heavy (non-hydrogen) atoms. The van der Waals surface area contributed by atoms with Crippen LogP contribution in [0, 0.1) is 5.82 Å². The zero-order valence-electron chi connectivity index (χ0n) is 14.8. The van der Waals surface area contributed by atoms with Gasteiger partial charge in [-0.15, -0.1) is 11.3 Å². The quantitative estimate of drug-likeness (QED) is 0.294. The predicted octanol–water partition coefficient (Wildman–Crippen LogP) is 3.76. The number of hydrazone groups is 1. The Morgan fingerprint density at radius 1 is 1.42 bits per heavy atom. The lowest BCUT2D eigenvalue weighted by Crippen LogP contribution is -2.07. The van der Waals surface area contributed by atoms with E-state index < -0.39 is 0 Å². The summed E-state index contributed by atoms with van der Waals surface area (Å²) < 4.78 is 23.8. The normalized spacial score (nSPS) is 11.0. The standard InChI is InChI=1S/C18H22FN3O3S/c1-3-7-24-11-14-8-15(19)6-5-13(14)10-20-22-18-21-16(12-26-18)9-17(23)25-4-2/h5-6,8,10,12H,3-4,7,9,11H2,1-2H3,(H,21,22). The van der Waals surface area contributed by atoms with Gasteiger partial charge < -0.3 is 9.47 Å². The fourth-order valence-corrected chi connectivity index (χ4v) is 2.77. The largest absolute Gasteiger partial charge is 0.466 e. The summed E-state index contributed by atoms with van der Waals surface area (Å²) in [5, 5.41) is 6.47. The van der Waals surface area contributed by atoms with Crippen LogP contribution in [0.2, 0.25) is 0 Å². The van der Waals surface area contributed by atoms with Crippen molar-refractivity contribution in [3.8, 4) is 0 Å². The number of ether oxygens (including phenoxy) is 2. The summed E-state index contributed by atoms with van der Waals surface area (Å²) in [6.45, 7) is 5.07. The number of carbonyl (C=O) groups excluding carboxylic acids is 1. The molecule has 0 atom stereocenters. The molecule has 0 bridgehead atoms. The van der Waals surface area contributed by atoms with Crippen molar-refractivity contribution >= 4 is 28.7 Å². The van der Waals surface area contributed by atoms with E-state index in [9.17, 15) is 9.18 Å². The summed E-state index contributed by atoms with van der Waals surface area (Å²) in [5.41, 5.74) is 4.93. The lowest BCUT2D eigenvalue weighted by atomic mass is 10.1. The van der Waals surface area contributed by atoms with E-state index in [-0.39, 0.29) is 18.2 Å². The highest BCUT2D eigenvalue weighted by molar-refractivity contribution is 7.13. The summed E-state index contributed by atoms with van der Waals surface area (Å²) in [4.78, 5) is 15.7. The molecule has 0 saturated carbocycles. The average Bonchev–Trinajstić information content (AvgIpc) is 3.04. The maximum Gasteiger partial charge on any atom is 0.311 e. The van der Waals surface area contributed by atoms with Gasteiger partial charge in [0.05, 0.1) is 31.5 Å². The van der Waals surface area contributed by atoms with E-state index in [2.05, 4.69) is 15.5 Å². The van der Waals surface area contributed by atoms with Crippen LogP contribution in [0.4, 0.5) is 9.52 Å². The van der Waals surface area contributed by atoms with Crippen LogP contribution in [0.15, 0.2) is 28.7 Å². The van der Waals surface area contributed by atoms with E-state index in [0.29, 0.717) is 30.6 Å². The van der Waals surface area contributed by atoms with Crippen molar-refractivity contribution in [2.45, 2.75) is 33.3 Å². The number of halogens is 1. The first kappa shape index (κ1) is 20.0. The van der Waals surface area contributed by atoms with Crippen LogP contribution in [-0.4, -0.2) is 30.4 Å². The molecule has 0 unspecified atom stereocenters. The molecular formula is C18H22FN3O3S. The molecule has 1 aromatic heterocycles. The van der Waals surface area contributed by atoms with Gasteiger partial charge in [0.25, 0.3) is 0 Å². The molecule has 0 aliphatic heterocycles. The van der Waals surface area contributed by atoms with Crippen LogP contribution in [0.1, 0.15) is 37.1 Å². The van der Waals surface area contributed by atoms with Gasteiger partial charge in [-0.05, 0) is 31.0 Å². The highest BCUT2D eigenvalue weighted by atomic mass is 32.1. The van der Waals surface area contributed by atoms with Gasteiger partial charge in [0.1, 0.15) is 5.82 Å². The Balaban J connectivity index is 1.95. The maximum absolute atomic E-state index is 13.4. The van der Waals surface area contributed by atoms with E-state index in [0.717, 1.165) is 17.5 Å². The summed E-state index contributed by atoms with van der Waals surface area (Å²) in [7, 11) is 0. The highest BCUT2D eigenvalue weighted by Crippen LogP contribution is 2.16. The number of hydrogen-bond donors (Lipinski definition) is 1. The van der Waals surface area contributed by atoms with Gasteiger partial charge in [-0.1, -0.05) is 13.0 Å². The molecule has 0 saturated heterocycles. The van der Waals surface area contributed by atoms with E-state index in [1.165, 1.54) is 23.5 Å². The predicted molar refractivity (Wildman–Crippen MR) is 100 cm³/mol. The van der Waals surface area contributed by atoms with Crippen molar-refractivity contribution in [2.75, 3.05) is 18.6 Å². The third-order valence-electron chi connectivity index (χ3n) is 3.26. The molecule has 1 heterocycles. The van der Waals surface area contributed by atoms with E-state index >= 15 is 0 Å². The second kappa shape index (κ2) is 10.6. The molecule has 0 aliphatic carbocycles. The molecule has 1 aromatic carbocycles. The topological polar surface area (TPSA) is 72.8 Å². The number of anilines is 1. The number of thiazole rings is 1. The lowest BCUT2D eigenvalue weighted by molar-refractivity contribution is -0.142. The van der Waals surface area contributed by atoms with Crippen LogP contribution in [0.5, 0.6) is 0 Å². The number of nitrogens with one attached hydrogen (secondary N) is 1. The Kier molecular flexibility index (Phi) is 8.17. The Morgan fingerprint density at radius 2 is 2.27 bits per heavy atom. The van der Waals surface area contributed by atoms with E-state index in [4.69, 9.17) is 9.47 Å². The zero-order valence-corrected chi connectivity index (χ0v) is 15.6. The Bertz CT molecular complexity index is 749. The van der Waals surface area contributed by atoms with Crippen molar-refractivity contribution in [3.05, 3.63) is 46.2 Å². The van der Waals surface area contributed by atoms with Gasteiger partial charge >= 0.3 is 5.97 Å². The number of aromatic nitrogens is 1. The average molecular weight is 379 g/mol. The number of benzene rings is 1. The third-order valence-corrected chi connectivity index (χ3v) is 4.05. The third kappa shape index (κ3) is 6.53. The first-order chi connectivity index (χ1) is 12.6. The molecule has 0 radical (unpaired) electrons. The molecule has 6 nitrogen and oxygen atoms in total. The Morgan fingerprint density at radius 3 is 3.04 bits per heavy atom. The first-order valence-corrected chi connectivity index (χ1v) is 9.25. The Labute approximate surface area is 156 Å². The number of rotatable bonds is 10. The van der Waals surface area contributed by atoms with Crippen molar-refractivity contribution < 1.29 is 18.7 Å². The molecule has 140 valence electrons. The summed E-state index contributed by atoms with van der Waals surface area (Å²) in [6, 6.07) is 4.47. The molecule has 2 aromatic rings. The molecular weight excluding hydrogens is 357 g/mol. The van der Waals surface area contributed by atoms with Crippen LogP contribution >= 0.6 is 11.3 Å². The van der Waals surface area contributed by atoms with Gasteiger partial charge in [-0.2, -0.15) is 5.10 Å². The van der Waals surface area contributed by atoms with Crippen LogP contribution in [0.25, 0.3) is 0 Å². The van der Waals surface area contributed by atoms with E-state index in [1.54, 1.807) is 24.6 Å². The molecule has 0 amide bonds. The van der Waals surface area contributed by atoms with Gasteiger partial charge in [-0.3, -0.25) is 10.2 Å². The smallest absolute Gasteiger partial charge is 0.311 e. The minimum atomic E-state index is -0.311. The maximum atomic E-state index is 13.4. The SMILES string of the molecule is CCCOCc1cc(F)ccc1C=NNc1nc(CC(=O)OCC)cs1. The summed E-state index contributed by atoms with van der Waals surface area (Å²) in [5.74, 6) is -0.621. The Hall–Kier alpha value is -2.32. The first-order valence-electron chi connectivity index (χ1n) is 8.37. The van der Waals surface area contributed by atoms with Crippen LogP contribution in [-0.2, 0) is 27.3 Å². The highest BCUT2D eigenvalue weighted by Gasteiger charge is 2.08. The summed E-state index contributed by atoms with van der Waals surface area (Å²) >= 11 is 1.34. The van der Waals surface area contributed by atoms with Crippen molar-refractivity contribution in [2.24, 2.45) is 5.10 Å². The number of carbonyl (C=O) groups is 1. The van der Waals surface area contributed by atoms with Gasteiger partial charge in [0, 0.05) is 17.6 Å². The number of hydrogen-bond acceptors (Lipinski definition) is 7. The van der Waals surface area contributed by atoms with Gasteiger partial charge in [0.2, 0.25) is 5.13 Å². The van der Waals surface area contributed by atoms with Gasteiger partial charge in [0.15, 0.2) is 0 Å². The minimum Gasteiger partial charge on any atom is -0.466 e. The van der Waals surface area contributed by atoms with Crippen LogP contribution in [0.3, 0.4) is 0 Å². The lowest BCUT2D eigenvalue weighted by Gasteiger charge is -2.06. The van der Waals surface area contributed by atoms with Crippen LogP contribution < -0.4 is 5.43 Å². The summed E-state index contributed by atoms with van der Waals surface area (Å²) in [6.07, 6.45) is 2.63. The second-order valence-corrected chi connectivity index (χ2v) is 6.25. The monoisotopic (exact) mass is 379 g/mol. The fraction of sp³-hybridized carbons (Fsp3) is 0.389. The molecule has 1 N–H and O–H groups in total. The fourth-order valence-electron chi connectivity index (χ4n) is 2.11. The van der Waals surface area contributed by atoms with Crippen molar-refractivity contribution in [1.29, 1.82) is 0 Å². The molecule has 2 rings (SSSR count). The molecule has 8 heteroatoms.